The second-order valence-electron chi connectivity index (χ2n) is 5.15. The largest absolute Gasteiger partial charge is 0.507 e. The maximum absolute atomic E-state index is 11.8. The van der Waals surface area contributed by atoms with Gasteiger partial charge in [0.2, 0.25) is 0 Å². The molecule has 0 aliphatic heterocycles. The number of ether oxygens (including phenoxy) is 2. The van der Waals surface area contributed by atoms with E-state index in [0.29, 0.717) is 5.69 Å². The summed E-state index contributed by atoms with van der Waals surface area (Å²) in [6, 6.07) is 15.3. The minimum atomic E-state index is -1.09. The van der Waals surface area contributed by atoms with Crippen LogP contribution in [0.1, 0.15) is 11.1 Å². The summed E-state index contributed by atoms with van der Waals surface area (Å²) >= 11 is 0. The van der Waals surface area contributed by atoms with Crippen LogP contribution < -0.4 is 5.32 Å². The summed E-state index contributed by atoms with van der Waals surface area (Å²) in [6.45, 7) is 0.116. The van der Waals surface area contributed by atoms with Gasteiger partial charge in [0.15, 0.2) is 0 Å². The first-order valence-electron chi connectivity index (χ1n) is 7.60. The summed E-state index contributed by atoms with van der Waals surface area (Å²) < 4.78 is 9.37. The highest BCUT2D eigenvalue weighted by Gasteiger charge is 2.13. The number of amides is 1. The predicted octanol–water partition coefficient (Wildman–Crippen LogP) is 3.08. The van der Waals surface area contributed by atoms with Crippen LogP contribution in [0.15, 0.2) is 60.7 Å². The number of rotatable bonds is 6. The monoisotopic (exact) mass is 355 g/mol. The molecule has 26 heavy (non-hydrogen) atoms. The Bertz CT molecular complexity index is 829. The van der Waals surface area contributed by atoms with E-state index in [1.807, 2.05) is 30.3 Å². The van der Waals surface area contributed by atoms with E-state index in [0.717, 1.165) is 18.7 Å². The van der Waals surface area contributed by atoms with Crippen LogP contribution in [-0.2, 0) is 25.7 Å². The summed E-state index contributed by atoms with van der Waals surface area (Å²) in [7, 11) is 1.07. The Balaban J connectivity index is 2.00. The van der Waals surface area contributed by atoms with Gasteiger partial charge in [-0.15, -0.1) is 0 Å². The predicted molar refractivity (Wildman–Crippen MR) is 94.3 cm³/mol. The molecule has 0 aliphatic rings. The van der Waals surface area contributed by atoms with Crippen molar-refractivity contribution in [1.29, 1.82) is 0 Å². The molecule has 1 amide bonds. The Morgan fingerprint density at radius 2 is 1.81 bits per heavy atom. The molecular formula is C19H17NO6. The fourth-order valence-corrected chi connectivity index (χ4v) is 2.00. The number of ketones is 1. The molecule has 0 bridgehead atoms. The summed E-state index contributed by atoms with van der Waals surface area (Å²) in [5.41, 5.74) is 1.44. The summed E-state index contributed by atoms with van der Waals surface area (Å²) in [6.07, 6.45) is 0.0821. The first kappa shape index (κ1) is 18.7. The van der Waals surface area contributed by atoms with E-state index in [1.165, 1.54) is 12.1 Å². The molecule has 0 radical (unpaired) electrons. The van der Waals surface area contributed by atoms with E-state index in [-0.39, 0.29) is 12.2 Å². The van der Waals surface area contributed by atoms with Crippen molar-refractivity contribution in [2.24, 2.45) is 0 Å². The average Bonchev–Trinajstić information content (AvgIpc) is 2.66. The molecular weight excluding hydrogens is 338 g/mol. The fourth-order valence-electron chi connectivity index (χ4n) is 2.00. The lowest BCUT2D eigenvalue weighted by Crippen LogP contribution is -2.14. The van der Waals surface area contributed by atoms with Crippen LogP contribution in [-0.4, -0.2) is 30.1 Å². The van der Waals surface area contributed by atoms with Gasteiger partial charge in [-0.05, 0) is 17.7 Å². The second-order valence-corrected chi connectivity index (χ2v) is 5.15. The van der Waals surface area contributed by atoms with E-state index in [9.17, 15) is 19.5 Å². The van der Waals surface area contributed by atoms with Gasteiger partial charge < -0.3 is 14.6 Å². The maximum Gasteiger partial charge on any atom is 0.411 e. The minimum Gasteiger partial charge on any atom is -0.507 e. The number of aliphatic hydroxyl groups is 1. The Hall–Kier alpha value is -3.61. The number of aliphatic hydroxyl groups excluding tert-OH is 1. The zero-order chi connectivity index (χ0) is 18.9. The van der Waals surface area contributed by atoms with Crippen molar-refractivity contribution >= 4 is 29.3 Å². The number of esters is 1. The van der Waals surface area contributed by atoms with Crippen molar-refractivity contribution in [3.05, 3.63) is 71.8 Å². The van der Waals surface area contributed by atoms with Gasteiger partial charge in [0.1, 0.15) is 12.4 Å². The number of methoxy groups -OCH3 is 1. The lowest BCUT2D eigenvalue weighted by molar-refractivity contribution is -0.149. The lowest BCUT2D eigenvalue weighted by Gasteiger charge is -2.08. The van der Waals surface area contributed by atoms with Gasteiger partial charge in [0, 0.05) is 17.3 Å². The number of nitrogens with one attached hydrogen (secondary N) is 1. The van der Waals surface area contributed by atoms with Gasteiger partial charge in [0.05, 0.1) is 7.11 Å². The Morgan fingerprint density at radius 1 is 1.08 bits per heavy atom. The molecule has 0 aliphatic carbocycles. The van der Waals surface area contributed by atoms with Crippen molar-refractivity contribution < 1.29 is 29.0 Å². The summed E-state index contributed by atoms with van der Waals surface area (Å²) in [5, 5.41) is 12.5. The highest BCUT2D eigenvalue weighted by molar-refractivity contribution is 6.39. The van der Waals surface area contributed by atoms with Crippen LogP contribution in [0.4, 0.5) is 10.5 Å². The summed E-state index contributed by atoms with van der Waals surface area (Å²) in [4.78, 5) is 34.4. The zero-order valence-corrected chi connectivity index (χ0v) is 14.0. The highest BCUT2D eigenvalue weighted by Crippen LogP contribution is 2.17. The molecule has 7 nitrogen and oxygen atoms in total. The van der Waals surface area contributed by atoms with E-state index in [2.05, 4.69) is 10.1 Å². The SMILES string of the molecule is COC(=O)C(=O)/C=C(\O)c1cccc(NC(=O)OCc2ccccc2)c1. The van der Waals surface area contributed by atoms with E-state index < -0.39 is 23.6 Å². The second kappa shape index (κ2) is 9.03. The summed E-state index contributed by atoms with van der Waals surface area (Å²) in [5.74, 6) is -2.51. The van der Waals surface area contributed by atoms with Crippen LogP contribution in [0.2, 0.25) is 0 Å². The number of hydrogen-bond acceptors (Lipinski definition) is 6. The van der Waals surface area contributed by atoms with Gasteiger partial charge in [-0.3, -0.25) is 10.1 Å². The number of benzene rings is 2. The molecule has 2 aromatic carbocycles. The Labute approximate surface area is 149 Å². The minimum absolute atomic E-state index is 0.116. The highest BCUT2D eigenvalue weighted by atomic mass is 16.5. The molecule has 0 unspecified atom stereocenters. The van der Waals surface area contributed by atoms with Crippen LogP contribution >= 0.6 is 0 Å². The quantitative estimate of drug-likeness (QED) is 0.357. The molecule has 2 rings (SSSR count). The lowest BCUT2D eigenvalue weighted by atomic mass is 10.1. The first-order chi connectivity index (χ1) is 12.5. The number of carbonyl (C=O) groups is 3. The standard InChI is InChI=1S/C19H17NO6/c1-25-18(23)17(22)11-16(21)14-8-5-9-15(10-14)20-19(24)26-12-13-6-3-2-4-7-13/h2-11,21H,12H2,1H3,(H,20,24)/b16-11-. The van der Waals surface area contributed by atoms with Crippen molar-refractivity contribution in [3.8, 4) is 0 Å². The van der Waals surface area contributed by atoms with Gasteiger partial charge >= 0.3 is 12.1 Å². The third kappa shape index (κ3) is 5.48. The van der Waals surface area contributed by atoms with Crippen molar-refractivity contribution in [2.45, 2.75) is 6.61 Å². The number of anilines is 1. The molecule has 2 aromatic rings. The molecule has 0 spiro atoms. The maximum atomic E-state index is 11.8. The Kier molecular flexibility index (Phi) is 6.50. The van der Waals surface area contributed by atoms with Gasteiger partial charge in [0.25, 0.3) is 5.78 Å². The van der Waals surface area contributed by atoms with Gasteiger partial charge in [-0.2, -0.15) is 0 Å². The van der Waals surface area contributed by atoms with Crippen LogP contribution in [0, 0.1) is 0 Å². The van der Waals surface area contributed by atoms with Gasteiger partial charge in [-0.25, -0.2) is 9.59 Å². The number of hydrogen-bond donors (Lipinski definition) is 2. The molecule has 0 fully saturated rings. The van der Waals surface area contributed by atoms with E-state index >= 15 is 0 Å². The first-order valence-corrected chi connectivity index (χ1v) is 7.60. The molecule has 134 valence electrons. The molecule has 0 heterocycles. The zero-order valence-electron chi connectivity index (χ0n) is 14.0. The molecule has 0 atom stereocenters. The van der Waals surface area contributed by atoms with Crippen molar-refractivity contribution in [3.63, 3.8) is 0 Å². The van der Waals surface area contributed by atoms with Crippen molar-refractivity contribution in [2.75, 3.05) is 12.4 Å². The van der Waals surface area contributed by atoms with E-state index in [1.54, 1.807) is 12.1 Å². The smallest absolute Gasteiger partial charge is 0.411 e. The van der Waals surface area contributed by atoms with Crippen LogP contribution in [0.25, 0.3) is 5.76 Å². The molecule has 0 saturated heterocycles. The topological polar surface area (TPSA) is 102 Å². The third-order valence-corrected chi connectivity index (χ3v) is 3.27. The number of carbonyl (C=O) groups excluding carboxylic acids is 3. The van der Waals surface area contributed by atoms with Crippen LogP contribution in [0.3, 0.4) is 0 Å². The third-order valence-electron chi connectivity index (χ3n) is 3.27. The fraction of sp³-hybridized carbons (Fsp3) is 0.105. The van der Waals surface area contributed by atoms with Crippen molar-refractivity contribution in [1.82, 2.24) is 0 Å². The van der Waals surface area contributed by atoms with Crippen LogP contribution in [0.5, 0.6) is 0 Å². The molecule has 2 N–H and O–H groups in total. The Morgan fingerprint density at radius 3 is 2.50 bits per heavy atom. The van der Waals surface area contributed by atoms with Gasteiger partial charge in [-0.1, -0.05) is 42.5 Å². The van der Waals surface area contributed by atoms with E-state index in [4.69, 9.17) is 4.74 Å². The average molecular weight is 355 g/mol. The molecule has 0 saturated carbocycles. The normalized spacial score (nSPS) is 10.7. The molecule has 0 aromatic heterocycles. The molecule has 7 heteroatoms.